The molecule has 0 atom stereocenters. The van der Waals surface area contributed by atoms with Crippen LogP contribution in [0.3, 0.4) is 0 Å². The van der Waals surface area contributed by atoms with Gasteiger partial charge in [-0.2, -0.15) is 0 Å². The number of nitrogens with zero attached hydrogens (tertiary/aromatic N) is 3. The lowest BCUT2D eigenvalue weighted by Gasteiger charge is -2.14. The van der Waals surface area contributed by atoms with Crippen molar-refractivity contribution in [3.8, 4) is 11.3 Å². The van der Waals surface area contributed by atoms with Gasteiger partial charge in [0, 0.05) is 34.7 Å². The molecule has 2 N–H and O–H groups in total. The molecule has 0 radical (unpaired) electrons. The largest absolute Gasteiger partial charge is 0.356 e. The van der Waals surface area contributed by atoms with Crippen molar-refractivity contribution in [1.82, 2.24) is 15.3 Å². The maximum Gasteiger partial charge on any atom is 0.197 e. The predicted molar refractivity (Wildman–Crippen MR) is 86.6 cm³/mol. The smallest absolute Gasteiger partial charge is 0.197 e. The molecule has 2 aromatic heterocycles. The number of halogens is 2. The van der Waals surface area contributed by atoms with Crippen molar-refractivity contribution in [1.29, 1.82) is 0 Å². The molecule has 1 aliphatic heterocycles. The van der Waals surface area contributed by atoms with Gasteiger partial charge in [0.25, 0.3) is 0 Å². The summed E-state index contributed by atoms with van der Waals surface area (Å²) in [5.41, 5.74) is 1.61. The molecular weight excluding hydrogens is 362 g/mol. The van der Waals surface area contributed by atoms with Crippen LogP contribution in [0.1, 0.15) is 6.42 Å². The third-order valence-electron chi connectivity index (χ3n) is 2.71. The van der Waals surface area contributed by atoms with Crippen LogP contribution in [0, 0.1) is 0 Å². The number of pyridine rings is 1. The highest BCUT2D eigenvalue weighted by Crippen LogP contribution is 2.31. The van der Waals surface area contributed by atoms with Gasteiger partial charge in [0.2, 0.25) is 0 Å². The summed E-state index contributed by atoms with van der Waals surface area (Å²) >= 11 is 11.0. The average Bonchev–Trinajstić information content (AvgIpc) is 2.91. The van der Waals surface area contributed by atoms with Gasteiger partial charge >= 0.3 is 0 Å². The number of hydrogen-bond donors (Lipinski definition) is 2. The summed E-state index contributed by atoms with van der Waals surface area (Å²) in [6, 6.07) is 1.91. The Balaban J connectivity index is 1.82. The Bertz CT molecular complexity index is 657. The van der Waals surface area contributed by atoms with E-state index in [9.17, 15) is 0 Å². The van der Waals surface area contributed by atoms with E-state index in [1.807, 2.05) is 11.4 Å². The summed E-state index contributed by atoms with van der Waals surface area (Å²) in [5, 5.41) is 9.54. The van der Waals surface area contributed by atoms with Gasteiger partial charge in [0.05, 0.1) is 5.69 Å². The molecule has 0 amide bonds. The summed E-state index contributed by atoms with van der Waals surface area (Å²) in [5.74, 6) is 0.774. The van der Waals surface area contributed by atoms with Crippen LogP contribution < -0.4 is 10.6 Å². The number of rotatable bonds is 2. The van der Waals surface area contributed by atoms with Crippen LogP contribution in [-0.4, -0.2) is 29.0 Å². The fraction of sp³-hybridized carbons (Fsp3) is 0.250. The van der Waals surface area contributed by atoms with Crippen molar-refractivity contribution >= 4 is 50.0 Å². The standard InChI is InChI=1S/C12H11BrClN5S/c13-7-4-8(10(14)17-5-7)9-6-20-12(18-9)19-11-15-2-1-3-16-11/h4-6H,1-3H2,(H2,15,16,18,19). The third-order valence-corrected chi connectivity index (χ3v) is 4.20. The summed E-state index contributed by atoms with van der Waals surface area (Å²) < 4.78 is 0.873. The first-order chi connectivity index (χ1) is 9.72. The van der Waals surface area contributed by atoms with Gasteiger partial charge in [-0.1, -0.05) is 11.6 Å². The van der Waals surface area contributed by atoms with Crippen LogP contribution in [0.4, 0.5) is 5.13 Å². The Hall–Kier alpha value is -1.18. The van der Waals surface area contributed by atoms with Crippen molar-refractivity contribution in [3.05, 3.63) is 27.3 Å². The van der Waals surface area contributed by atoms with Crippen molar-refractivity contribution in [2.45, 2.75) is 6.42 Å². The molecule has 104 valence electrons. The molecule has 3 heterocycles. The van der Waals surface area contributed by atoms with E-state index in [0.717, 1.165) is 46.3 Å². The molecule has 3 rings (SSSR count). The molecule has 0 unspecified atom stereocenters. The van der Waals surface area contributed by atoms with Crippen LogP contribution in [-0.2, 0) is 0 Å². The van der Waals surface area contributed by atoms with E-state index in [2.05, 4.69) is 41.5 Å². The molecule has 0 spiro atoms. The van der Waals surface area contributed by atoms with E-state index in [1.165, 1.54) is 11.3 Å². The first-order valence-electron chi connectivity index (χ1n) is 6.04. The predicted octanol–water partition coefficient (Wildman–Crippen LogP) is 3.38. The zero-order valence-corrected chi connectivity index (χ0v) is 13.5. The Morgan fingerprint density at radius 2 is 2.35 bits per heavy atom. The molecule has 0 aliphatic carbocycles. The van der Waals surface area contributed by atoms with Gasteiger partial charge < -0.3 is 10.6 Å². The number of aliphatic imine (C=N–C) groups is 1. The van der Waals surface area contributed by atoms with E-state index in [4.69, 9.17) is 11.6 Å². The minimum Gasteiger partial charge on any atom is -0.356 e. The fourth-order valence-electron chi connectivity index (χ4n) is 1.77. The highest BCUT2D eigenvalue weighted by molar-refractivity contribution is 9.10. The highest BCUT2D eigenvalue weighted by Gasteiger charge is 2.11. The Labute approximate surface area is 133 Å². The maximum absolute atomic E-state index is 6.11. The summed E-state index contributed by atoms with van der Waals surface area (Å²) in [4.78, 5) is 13.0. The number of aromatic nitrogens is 2. The molecule has 0 aromatic carbocycles. The number of nitrogens with one attached hydrogen (secondary N) is 2. The van der Waals surface area contributed by atoms with Gasteiger partial charge in [0.15, 0.2) is 11.1 Å². The van der Waals surface area contributed by atoms with Gasteiger partial charge in [0.1, 0.15) is 5.15 Å². The second-order valence-corrected chi connectivity index (χ2v) is 6.30. The SMILES string of the molecule is Clc1ncc(Br)cc1-c1csc(NC2=NCCCN2)n1. The van der Waals surface area contributed by atoms with Crippen LogP contribution >= 0.6 is 38.9 Å². The molecule has 1 aliphatic rings. The minimum atomic E-state index is 0.443. The van der Waals surface area contributed by atoms with Crippen molar-refractivity contribution in [2.75, 3.05) is 18.4 Å². The third kappa shape index (κ3) is 3.11. The van der Waals surface area contributed by atoms with E-state index < -0.39 is 0 Å². The topological polar surface area (TPSA) is 62.2 Å². The Morgan fingerprint density at radius 1 is 1.45 bits per heavy atom. The Morgan fingerprint density at radius 3 is 3.15 bits per heavy atom. The lowest BCUT2D eigenvalue weighted by molar-refractivity contribution is 0.740. The van der Waals surface area contributed by atoms with E-state index in [0.29, 0.717) is 5.15 Å². The highest BCUT2D eigenvalue weighted by atomic mass is 79.9. The van der Waals surface area contributed by atoms with Gasteiger partial charge in [-0.15, -0.1) is 11.3 Å². The van der Waals surface area contributed by atoms with Gasteiger partial charge in [-0.3, -0.25) is 4.99 Å². The van der Waals surface area contributed by atoms with E-state index in [-0.39, 0.29) is 0 Å². The second-order valence-electron chi connectivity index (χ2n) is 4.17. The first kappa shape index (κ1) is 13.8. The first-order valence-corrected chi connectivity index (χ1v) is 8.10. The summed E-state index contributed by atoms with van der Waals surface area (Å²) in [6.07, 6.45) is 2.73. The molecule has 20 heavy (non-hydrogen) atoms. The number of guanidine groups is 1. The number of thiazole rings is 1. The maximum atomic E-state index is 6.11. The lowest BCUT2D eigenvalue weighted by Crippen LogP contribution is -2.35. The molecule has 0 saturated carbocycles. The molecule has 0 bridgehead atoms. The monoisotopic (exact) mass is 371 g/mol. The minimum absolute atomic E-state index is 0.443. The van der Waals surface area contributed by atoms with Gasteiger partial charge in [-0.25, -0.2) is 9.97 Å². The molecule has 0 saturated heterocycles. The Kier molecular flexibility index (Phi) is 4.18. The van der Waals surface area contributed by atoms with Crippen molar-refractivity contribution < 1.29 is 0 Å². The molecule has 5 nitrogen and oxygen atoms in total. The molecular formula is C12H11BrClN5S. The summed E-state index contributed by atoms with van der Waals surface area (Å²) in [6.45, 7) is 1.78. The fourth-order valence-corrected chi connectivity index (χ4v) is 3.02. The molecule has 0 fully saturated rings. The van der Waals surface area contributed by atoms with E-state index >= 15 is 0 Å². The molecule has 8 heteroatoms. The average molecular weight is 373 g/mol. The van der Waals surface area contributed by atoms with Crippen molar-refractivity contribution in [2.24, 2.45) is 4.99 Å². The van der Waals surface area contributed by atoms with Crippen LogP contribution in [0.2, 0.25) is 5.15 Å². The molecule has 2 aromatic rings. The van der Waals surface area contributed by atoms with Crippen molar-refractivity contribution in [3.63, 3.8) is 0 Å². The van der Waals surface area contributed by atoms with Crippen LogP contribution in [0.25, 0.3) is 11.3 Å². The lowest BCUT2D eigenvalue weighted by atomic mass is 10.2. The second kappa shape index (κ2) is 6.07. The van der Waals surface area contributed by atoms with Crippen LogP contribution in [0.5, 0.6) is 0 Å². The number of anilines is 1. The summed E-state index contributed by atoms with van der Waals surface area (Å²) in [7, 11) is 0. The zero-order chi connectivity index (χ0) is 13.9. The van der Waals surface area contributed by atoms with Gasteiger partial charge in [-0.05, 0) is 28.4 Å². The normalized spacial score (nSPS) is 14.6. The van der Waals surface area contributed by atoms with E-state index in [1.54, 1.807) is 6.20 Å². The number of hydrogen-bond acceptors (Lipinski definition) is 6. The zero-order valence-electron chi connectivity index (χ0n) is 10.4. The quantitative estimate of drug-likeness (QED) is 0.793. The van der Waals surface area contributed by atoms with Crippen LogP contribution in [0.15, 0.2) is 27.1 Å².